The first-order valence-electron chi connectivity index (χ1n) is 5.53. The molecule has 2 rings (SSSR count). The number of hydrogen-bond donors (Lipinski definition) is 1. The molecular weight excluding hydrogens is 248 g/mol. The second kappa shape index (κ2) is 4.93. The smallest absolute Gasteiger partial charge is 0.362 e. The molecule has 98 valence electrons. The van der Waals surface area contributed by atoms with Crippen LogP contribution in [0.25, 0.3) is 0 Å². The zero-order valence-electron chi connectivity index (χ0n) is 10.5. The lowest BCUT2D eigenvalue weighted by Crippen LogP contribution is -2.13. The summed E-state index contributed by atoms with van der Waals surface area (Å²) in [6.07, 6.45) is 0. The molecule has 19 heavy (non-hydrogen) atoms. The number of aromatic nitrogens is 2. The molecule has 2 aromatic rings. The van der Waals surface area contributed by atoms with Crippen molar-refractivity contribution in [3.8, 4) is 5.75 Å². The third-order valence-electron chi connectivity index (χ3n) is 2.51. The van der Waals surface area contributed by atoms with Crippen molar-refractivity contribution < 1.29 is 19.4 Å². The van der Waals surface area contributed by atoms with Crippen LogP contribution in [0.2, 0.25) is 0 Å². The highest BCUT2D eigenvalue weighted by atomic mass is 16.5. The topological polar surface area (TPSA) is 81.4 Å². The summed E-state index contributed by atoms with van der Waals surface area (Å²) in [6, 6.07) is 8.19. The summed E-state index contributed by atoms with van der Waals surface area (Å²) in [6.45, 7) is 1.88. The first kappa shape index (κ1) is 12.8. The van der Waals surface area contributed by atoms with Crippen molar-refractivity contribution >= 4 is 11.9 Å². The van der Waals surface area contributed by atoms with E-state index >= 15 is 0 Å². The second-order valence-electron chi connectivity index (χ2n) is 4.05. The van der Waals surface area contributed by atoms with E-state index in [1.165, 1.54) is 17.8 Å². The number of carboxylic acids is 1. The fourth-order valence-corrected chi connectivity index (χ4v) is 1.60. The van der Waals surface area contributed by atoms with Gasteiger partial charge < -0.3 is 9.84 Å². The van der Waals surface area contributed by atoms with Crippen molar-refractivity contribution in [2.45, 2.75) is 6.92 Å². The molecule has 6 nitrogen and oxygen atoms in total. The van der Waals surface area contributed by atoms with Crippen LogP contribution >= 0.6 is 0 Å². The van der Waals surface area contributed by atoms with E-state index in [-0.39, 0.29) is 11.4 Å². The summed E-state index contributed by atoms with van der Waals surface area (Å²) < 4.78 is 6.34. The molecule has 0 fully saturated rings. The molecule has 0 saturated heterocycles. The quantitative estimate of drug-likeness (QED) is 0.670. The average molecular weight is 260 g/mol. The maximum Gasteiger partial charge on any atom is 0.362 e. The molecule has 1 N–H and O–H groups in total. The van der Waals surface area contributed by atoms with E-state index in [0.717, 1.165) is 5.56 Å². The van der Waals surface area contributed by atoms with Crippen LogP contribution in [-0.2, 0) is 7.05 Å². The lowest BCUT2D eigenvalue weighted by molar-refractivity contribution is 0.0687. The predicted octanol–water partition coefficient (Wildman–Crippen LogP) is 1.65. The Morgan fingerprint density at radius 2 is 2.05 bits per heavy atom. The van der Waals surface area contributed by atoms with Gasteiger partial charge in [0, 0.05) is 13.1 Å². The van der Waals surface area contributed by atoms with Crippen LogP contribution in [0.1, 0.15) is 26.5 Å². The Hall–Kier alpha value is -2.63. The van der Waals surface area contributed by atoms with Crippen molar-refractivity contribution in [3.63, 3.8) is 0 Å². The fourth-order valence-electron chi connectivity index (χ4n) is 1.60. The summed E-state index contributed by atoms with van der Waals surface area (Å²) in [5, 5.41) is 12.5. The number of carbonyl (C=O) groups is 2. The van der Waals surface area contributed by atoms with Gasteiger partial charge in [0.1, 0.15) is 11.4 Å². The van der Waals surface area contributed by atoms with Crippen molar-refractivity contribution in [1.29, 1.82) is 0 Å². The lowest BCUT2D eigenvalue weighted by atomic mass is 10.2. The number of nitrogens with zero attached hydrogens (tertiary/aromatic N) is 2. The van der Waals surface area contributed by atoms with Gasteiger partial charge in [0.15, 0.2) is 5.69 Å². The summed E-state index contributed by atoms with van der Waals surface area (Å²) >= 11 is 0. The van der Waals surface area contributed by atoms with E-state index in [1.54, 1.807) is 18.2 Å². The normalized spacial score (nSPS) is 10.2. The Balaban J connectivity index is 2.23. The van der Waals surface area contributed by atoms with E-state index in [2.05, 4.69) is 5.10 Å². The van der Waals surface area contributed by atoms with Crippen molar-refractivity contribution in [2.75, 3.05) is 0 Å². The first-order chi connectivity index (χ1) is 8.97. The number of esters is 1. The molecule has 1 aromatic carbocycles. The van der Waals surface area contributed by atoms with E-state index in [9.17, 15) is 9.59 Å². The standard InChI is InChI=1S/C13H12N2O4/c1-8-4-3-5-9(6-8)19-13(18)11-7-10(12(16)17)14-15(11)2/h3-7H,1-2H3,(H,16,17). The monoisotopic (exact) mass is 260 g/mol. The molecule has 1 aromatic heterocycles. The van der Waals surface area contributed by atoms with E-state index in [0.29, 0.717) is 5.75 Å². The average Bonchev–Trinajstić information content (AvgIpc) is 2.71. The van der Waals surface area contributed by atoms with Crippen LogP contribution in [-0.4, -0.2) is 26.8 Å². The Bertz CT molecular complexity index is 646. The molecule has 0 bridgehead atoms. The molecule has 6 heteroatoms. The van der Waals surface area contributed by atoms with Crippen LogP contribution in [0.4, 0.5) is 0 Å². The Kier molecular flexibility index (Phi) is 3.33. The molecule has 0 radical (unpaired) electrons. The molecule has 1 heterocycles. The Labute approximate surface area is 109 Å². The minimum Gasteiger partial charge on any atom is -0.476 e. The summed E-state index contributed by atoms with van der Waals surface area (Å²) in [4.78, 5) is 22.7. The highest BCUT2D eigenvalue weighted by molar-refractivity contribution is 5.93. The summed E-state index contributed by atoms with van der Waals surface area (Å²) in [5.74, 6) is -1.43. The van der Waals surface area contributed by atoms with Gasteiger partial charge in [-0.15, -0.1) is 0 Å². The Morgan fingerprint density at radius 3 is 2.63 bits per heavy atom. The third-order valence-corrected chi connectivity index (χ3v) is 2.51. The van der Waals surface area contributed by atoms with Gasteiger partial charge in [0.25, 0.3) is 0 Å². The van der Waals surface area contributed by atoms with Crippen LogP contribution < -0.4 is 4.74 Å². The minimum atomic E-state index is -1.19. The zero-order chi connectivity index (χ0) is 14.0. The molecule has 0 aliphatic heterocycles. The van der Waals surface area contributed by atoms with Crippen LogP contribution in [0, 0.1) is 6.92 Å². The van der Waals surface area contributed by atoms with Gasteiger partial charge in [-0.2, -0.15) is 5.10 Å². The van der Waals surface area contributed by atoms with Gasteiger partial charge in [-0.25, -0.2) is 9.59 Å². The van der Waals surface area contributed by atoms with Gasteiger partial charge >= 0.3 is 11.9 Å². The SMILES string of the molecule is Cc1cccc(OC(=O)c2cc(C(=O)O)nn2C)c1. The number of aromatic carboxylic acids is 1. The number of aryl methyl sites for hydroxylation is 2. The van der Waals surface area contributed by atoms with E-state index in [1.807, 2.05) is 13.0 Å². The van der Waals surface area contributed by atoms with Gasteiger partial charge in [-0.3, -0.25) is 4.68 Å². The minimum absolute atomic E-state index is 0.0823. The van der Waals surface area contributed by atoms with Crippen molar-refractivity contribution in [3.05, 3.63) is 47.3 Å². The number of hydrogen-bond acceptors (Lipinski definition) is 4. The number of carbonyl (C=O) groups excluding carboxylic acids is 1. The van der Waals surface area contributed by atoms with Gasteiger partial charge in [-0.1, -0.05) is 12.1 Å². The Morgan fingerprint density at radius 1 is 1.32 bits per heavy atom. The zero-order valence-corrected chi connectivity index (χ0v) is 10.5. The number of benzene rings is 1. The molecule has 0 unspecified atom stereocenters. The van der Waals surface area contributed by atoms with Crippen LogP contribution in [0.5, 0.6) is 5.75 Å². The highest BCUT2D eigenvalue weighted by Crippen LogP contribution is 2.15. The van der Waals surface area contributed by atoms with Crippen LogP contribution in [0.15, 0.2) is 30.3 Å². The number of rotatable bonds is 3. The van der Waals surface area contributed by atoms with E-state index < -0.39 is 11.9 Å². The van der Waals surface area contributed by atoms with Gasteiger partial charge in [0.2, 0.25) is 0 Å². The molecule has 0 spiro atoms. The molecule has 0 amide bonds. The number of carboxylic acid groups (broad SMARTS) is 1. The first-order valence-corrected chi connectivity index (χ1v) is 5.53. The van der Waals surface area contributed by atoms with Crippen LogP contribution in [0.3, 0.4) is 0 Å². The predicted molar refractivity (Wildman–Crippen MR) is 66.3 cm³/mol. The largest absolute Gasteiger partial charge is 0.476 e. The molecule has 0 aliphatic rings. The second-order valence-corrected chi connectivity index (χ2v) is 4.05. The van der Waals surface area contributed by atoms with Gasteiger partial charge in [-0.05, 0) is 24.6 Å². The van der Waals surface area contributed by atoms with Crippen molar-refractivity contribution in [2.24, 2.45) is 7.05 Å². The van der Waals surface area contributed by atoms with Gasteiger partial charge in [0.05, 0.1) is 0 Å². The number of ether oxygens (including phenoxy) is 1. The third kappa shape index (κ3) is 2.79. The summed E-state index contributed by atoms with van der Waals surface area (Å²) in [5.41, 5.74) is 0.846. The van der Waals surface area contributed by atoms with E-state index in [4.69, 9.17) is 9.84 Å². The highest BCUT2D eigenvalue weighted by Gasteiger charge is 2.18. The lowest BCUT2D eigenvalue weighted by Gasteiger charge is -2.04. The molecule has 0 saturated carbocycles. The maximum absolute atomic E-state index is 11.9. The summed E-state index contributed by atoms with van der Waals surface area (Å²) in [7, 11) is 1.49. The van der Waals surface area contributed by atoms with Crippen molar-refractivity contribution in [1.82, 2.24) is 9.78 Å². The molecule has 0 atom stereocenters. The molecule has 0 aliphatic carbocycles. The maximum atomic E-state index is 11.9. The fraction of sp³-hybridized carbons (Fsp3) is 0.154. The molecular formula is C13H12N2O4.